The van der Waals surface area contributed by atoms with E-state index in [9.17, 15) is 9.50 Å². The SMILES string of the molecule is CCC(O)(CC)CN1CCC(OCc2ccc(F)cc2)CC1. The van der Waals surface area contributed by atoms with Gasteiger partial charge in [-0.3, -0.25) is 0 Å². The van der Waals surface area contributed by atoms with E-state index < -0.39 is 5.60 Å². The Kier molecular flexibility index (Phi) is 6.36. The van der Waals surface area contributed by atoms with Crippen LogP contribution in [0.4, 0.5) is 4.39 Å². The van der Waals surface area contributed by atoms with Crippen molar-refractivity contribution in [3.8, 4) is 0 Å². The van der Waals surface area contributed by atoms with E-state index in [1.165, 1.54) is 12.1 Å². The van der Waals surface area contributed by atoms with Crippen molar-refractivity contribution in [1.82, 2.24) is 4.90 Å². The molecular formula is C18H28FNO2. The Morgan fingerprint density at radius 3 is 2.32 bits per heavy atom. The van der Waals surface area contributed by atoms with E-state index in [4.69, 9.17) is 4.74 Å². The molecule has 0 amide bonds. The topological polar surface area (TPSA) is 32.7 Å². The maximum Gasteiger partial charge on any atom is 0.123 e. The van der Waals surface area contributed by atoms with Crippen molar-refractivity contribution >= 4 is 0 Å². The highest BCUT2D eigenvalue weighted by Crippen LogP contribution is 2.21. The Hall–Kier alpha value is -0.970. The molecule has 0 atom stereocenters. The number of hydrogen-bond donors (Lipinski definition) is 1. The fourth-order valence-electron chi connectivity index (χ4n) is 2.92. The molecule has 1 fully saturated rings. The minimum Gasteiger partial charge on any atom is -0.389 e. The first-order valence-electron chi connectivity index (χ1n) is 8.35. The van der Waals surface area contributed by atoms with Gasteiger partial charge in [-0.25, -0.2) is 4.39 Å². The zero-order valence-electron chi connectivity index (χ0n) is 13.7. The summed E-state index contributed by atoms with van der Waals surface area (Å²) in [7, 11) is 0. The quantitative estimate of drug-likeness (QED) is 0.838. The molecule has 1 aliphatic heterocycles. The Morgan fingerprint density at radius 2 is 1.77 bits per heavy atom. The number of nitrogens with zero attached hydrogens (tertiary/aromatic N) is 1. The first-order valence-corrected chi connectivity index (χ1v) is 8.35. The Balaban J connectivity index is 1.72. The molecule has 0 aromatic heterocycles. The van der Waals surface area contributed by atoms with Gasteiger partial charge in [0.1, 0.15) is 5.82 Å². The van der Waals surface area contributed by atoms with Gasteiger partial charge < -0.3 is 14.7 Å². The second-order valence-corrected chi connectivity index (χ2v) is 6.34. The van der Waals surface area contributed by atoms with Crippen LogP contribution in [0.15, 0.2) is 24.3 Å². The summed E-state index contributed by atoms with van der Waals surface area (Å²) in [5, 5.41) is 10.4. The lowest BCUT2D eigenvalue weighted by molar-refractivity contribution is -0.0389. The van der Waals surface area contributed by atoms with E-state index >= 15 is 0 Å². The molecule has 0 saturated carbocycles. The first-order chi connectivity index (χ1) is 10.5. The number of halogens is 1. The fraction of sp³-hybridized carbons (Fsp3) is 0.667. The van der Waals surface area contributed by atoms with Crippen molar-refractivity contribution in [2.75, 3.05) is 19.6 Å². The van der Waals surface area contributed by atoms with Gasteiger partial charge in [0.05, 0.1) is 18.3 Å². The number of aliphatic hydroxyl groups is 1. The summed E-state index contributed by atoms with van der Waals surface area (Å²) in [5.41, 5.74) is 0.456. The molecule has 0 radical (unpaired) electrons. The second kappa shape index (κ2) is 8.04. The third-order valence-electron chi connectivity index (χ3n) is 4.77. The predicted octanol–water partition coefficient (Wildman–Crippen LogP) is 3.36. The van der Waals surface area contributed by atoms with Crippen LogP contribution in [0.3, 0.4) is 0 Å². The van der Waals surface area contributed by atoms with Crippen LogP contribution in [0, 0.1) is 5.82 Å². The van der Waals surface area contributed by atoms with Gasteiger partial charge in [-0.15, -0.1) is 0 Å². The molecule has 1 saturated heterocycles. The largest absolute Gasteiger partial charge is 0.389 e. The highest BCUT2D eigenvalue weighted by Gasteiger charge is 2.28. The fourth-order valence-corrected chi connectivity index (χ4v) is 2.92. The van der Waals surface area contributed by atoms with E-state index in [0.717, 1.165) is 50.9 Å². The maximum absolute atomic E-state index is 12.9. The lowest BCUT2D eigenvalue weighted by atomic mass is 9.95. The third kappa shape index (κ3) is 5.04. The number of ether oxygens (including phenoxy) is 1. The molecule has 124 valence electrons. The van der Waals surface area contributed by atoms with E-state index in [-0.39, 0.29) is 11.9 Å². The van der Waals surface area contributed by atoms with Gasteiger partial charge in [-0.05, 0) is 43.4 Å². The number of benzene rings is 1. The molecule has 0 unspecified atom stereocenters. The van der Waals surface area contributed by atoms with Crippen molar-refractivity contribution in [3.63, 3.8) is 0 Å². The number of likely N-dealkylation sites (tertiary alicyclic amines) is 1. The molecule has 1 aromatic rings. The normalized spacial score (nSPS) is 17.8. The summed E-state index contributed by atoms with van der Waals surface area (Å²) >= 11 is 0. The van der Waals surface area contributed by atoms with Crippen LogP contribution in [0.5, 0.6) is 0 Å². The Labute approximate surface area is 133 Å². The minimum atomic E-state index is -0.554. The maximum atomic E-state index is 12.9. The molecule has 1 aliphatic rings. The number of β-amino-alcohol motifs (C(OH)–C–C–N with tert-alkyl or cyclic N) is 1. The van der Waals surface area contributed by atoms with E-state index in [2.05, 4.69) is 4.90 Å². The average Bonchev–Trinajstić information content (AvgIpc) is 2.55. The number of rotatable bonds is 7. The van der Waals surface area contributed by atoms with E-state index in [0.29, 0.717) is 6.61 Å². The molecule has 0 aliphatic carbocycles. The summed E-state index contributed by atoms with van der Waals surface area (Å²) < 4.78 is 18.8. The summed E-state index contributed by atoms with van der Waals surface area (Å²) in [6.07, 6.45) is 3.84. The van der Waals surface area contributed by atoms with Gasteiger partial charge in [0, 0.05) is 19.6 Å². The van der Waals surface area contributed by atoms with Crippen LogP contribution in [-0.2, 0) is 11.3 Å². The zero-order valence-corrected chi connectivity index (χ0v) is 13.7. The molecular weight excluding hydrogens is 281 g/mol. The molecule has 1 N–H and O–H groups in total. The Bertz CT molecular complexity index is 437. The van der Waals surface area contributed by atoms with Crippen LogP contribution >= 0.6 is 0 Å². The van der Waals surface area contributed by atoms with Crippen molar-refractivity contribution < 1.29 is 14.2 Å². The molecule has 1 aromatic carbocycles. The molecule has 1 heterocycles. The minimum absolute atomic E-state index is 0.212. The van der Waals surface area contributed by atoms with Crippen LogP contribution in [-0.4, -0.2) is 41.3 Å². The van der Waals surface area contributed by atoms with Crippen LogP contribution in [0.2, 0.25) is 0 Å². The van der Waals surface area contributed by atoms with Crippen molar-refractivity contribution in [1.29, 1.82) is 0 Å². The standard InChI is InChI=1S/C18H28FNO2/c1-3-18(21,4-2)14-20-11-9-17(10-12-20)22-13-15-5-7-16(19)8-6-15/h5-8,17,21H,3-4,9-14H2,1-2H3. The van der Waals surface area contributed by atoms with E-state index in [1.54, 1.807) is 12.1 Å². The third-order valence-corrected chi connectivity index (χ3v) is 4.77. The van der Waals surface area contributed by atoms with Gasteiger partial charge in [-0.2, -0.15) is 0 Å². The summed E-state index contributed by atoms with van der Waals surface area (Å²) in [6, 6.07) is 6.48. The van der Waals surface area contributed by atoms with E-state index in [1.807, 2.05) is 13.8 Å². The van der Waals surface area contributed by atoms with Gasteiger partial charge in [0.15, 0.2) is 0 Å². The van der Waals surface area contributed by atoms with Crippen molar-refractivity contribution in [2.45, 2.75) is 57.8 Å². The highest BCUT2D eigenvalue weighted by atomic mass is 19.1. The number of piperidine rings is 1. The van der Waals surface area contributed by atoms with Gasteiger partial charge >= 0.3 is 0 Å². The molecule has 4 heteroatoms. The molecule has 0 spiro atoms. The smallest absolute Gasteiger partial charge is 0.123 e. The highest BCUT2D eigenvalue weighted by molar-refractivity contribution is 5.15. The van der Waals surface area contributed by atoms with Crippen molar-refractivity contribution in [2.24, 2.45) is 0 Å². The number of hydrogen-bond acceptors (Lipinski definition) is 3. The van der Waals surface area contributed by atoms with Crippen LogP contribution in [0.1, 0.15) is 45.1 Å². The summed E-state index contributed by atoms with van der Waals surface area (Å²) in [5.74, 6) is -0.212. The lowest BCUT2D eigenvalue weighted by Gasteiger charge is -2.37. The summed E-state index contributed by atoms with van der Waals surface area (Å²) in [4.78, 5) is 2.34. The average molecular weight is 309 g/mol. The molecule has 22 heavy (non-hydrogen) atoms. The first kappa shape index (κ1) is 17.4. The van der Waals surface area contributed by atoms with Crippen LogP contribution in [0.25, 0.3) is 0 Å². The second-order valence-electron chi connectivity index (χ2n) is 6.34. The van der Waals surface area contributed by atoms with Gasteiger partial charge in [-0.1, -0.05) is 26.0 Å². The molecule has 0 bridgehead atoms. The van der Waals surface area contributed by atoms with Crippen molar-refractivity contribution in [3.05, 3.63) is 35.6 Å². The monoisotopic (exact) mass is 309 g/mol. The zero-order chi connectivity index (χ0) is 16.0. The summed E-state index contributed by atoms with van der Waals surface area (Å²) in [6.45, 7) is 7.32. The van der Waals surface area contributed by atoms with Gasteiger partial charge in [0.2, 0.25) is 0 Å². The van der Waals surface area contributed by atoms with Crippen LogP contribution < -0.4 is 0 Å². The molecule has 3 nitrogen and oxygen atoms in total. The lowest BCUT2D eigenvalue weighted by Crippen LogP contribution is -2.46. The Morgan fingerprint density at radius 1 is 1.18 bits per heavy atom. The molecule has 2 rings (SSSR count). The van der Waals surface area contributed by atoms with Gasteiger partial charge in [0.25, 0.3) is 0 Å². The predicted molar refractivity (Wildman–Crippen MR) is 86.2 cm³/mol.